The number of carbonyl (C=O) groups is 1. The first kappa shape index (κ1) is 12.6. The summed E-state index contributed by atoms with van der Waals surface area (Å²) in [7, 11) is 0. The highest BCUT2D eigenvalue weighted by Crippen LogP contribution is 2.29. The number of rotatable bonds is 2. The van der Waals surface area contributed by atoms with E-state index in [2.05, 4.69) is 21.2 Å². The zero-order chi connectivity index (χ0) is 12.4. The molecule has 0 aliphatic rings. The highest BCUT2D eigenvalue weighted by molar-refractivity contribution is 9.10. The van der Waals surface area contributed by atoms with Crippen molar-refractivity contribution >= 4 is 50.5 Å². The van der Waals surface area contributed by atoms with Gasteiger partial charge >= 0.3 is 0 Å². The van der Waals surface area contributed by atoms with Crippen LogP contribution in [-0.4, -0.2) is 5.91 Å². The van der Waals surface area contributed by atoms with E-state index in [1.165, 1.54) is 11.3 Å². The molecule has 1 amide bonds. The van der Waals surface area contributed by atoms with Crippen LogP contribution in [0, 0.1) is 6.92 Å². The summed E-state index contributed by atoms with van der Waals surface area (Å²) in [6.45, 7) is 1.91. The van der Waals surface area contributed by atoms with Crippen LogP contribution in [0.15, 0.2) is 34.1 Å². The molecule has 1 aromatic carbocycles. The van der Waals surface area contributed by atoms with Gasteiger partial charge in [0.05, 0.1) is 10.6 Å². The predicted octanol–water partition coefficient (Wildman–Crippen LogP) is 4.72. The van der Waals surface area contributed by atoms with Crippen LogP contribution in [0.2, 0.25) is 5.02 Å². The van der Waals surface area contributed by atoms with Crippen molar-refractivity contribution in [3.05, 3.63) is 49.6 Å². The van der Waals surface area contributed by atoms with Gasteiger partial charge in [0.15, 0.2) is 0 Å². The molecule has 1 N–H and O–H groups in total. The minimum absolute atomic E-state index is 0.124. The van der Waals surface area contributed by atoms with Crippen LogP contribution < -0.4 is 5.32 Å². The molecule has 5 heteroatoms. The first-order valence-electron chi connectivity index (χ1n) is 4.88. The molecule has 0 bridgehead atoms. The summed E-state index contributed by atoms with van der Waals surface area (Å²) >= 11 is 10.8. The lowest BCUT2D eigenvalue weighted by Crippen LogP contribution is -2.10. The van der Waals surface area contributed by atoms with E-state index < -0.39 is 0 Å². The quantitative estimate of drug-likeness (QED) is 0.847. The molecular weight excluding hydrogens is 322 g/mol. The summed E-state index contributed by atoms with van der Waals surface area (Å²) in [5.74, 6) is -0.124. The molecule has 2 rings (SSSR count). The summed E-state index contributed by atoms with van der Waals surface area (Å²) in [6, 6.07) is 7.25. The number of aryl methyl sites for hydroxylation is 1. The summed E-state index contributed by atoms with van der Waals surface area (Å²) < 4.78 is 0.823. The van der Waals surface area contributed by atoms with Crippen LogP contribution in [0.25, 0.3) is 0 Å². The predicted molar refractivity (Wildman–Crippen MR) is 76.2 cm³/mol. The molecule has 0 saturated heterocycles. The number of amides is 1. The third-order valence-corrected chi connectivity index (χ3v) is 4.17. The van der Waals surface area contributed by atoms with E-state index in [1.54, 1.807) is 12.1 Å². The van der Waals surface area contributed by atoms with Crippen LogP contribution in [0.4, 0.5) is 5.69 Å². The first-order chi connectivity index (χ1) is 8.08. The van der Waals surface area contributed by atoms with Gasteiger partial charge < -0.3 is 5.32 Å². The van der Waals surface area contributed by atoms with E-state index in [0.29, 0.717) is 15.6 Å². The highest BCUT2D eigenvalue weighted by atomic mass is 79.9. The fourth-order valence-electron chi connectivity index (χ4n) is 1.33. The van der Waals surface area contributed by atoms with E-state index in [0.717, 1.165) is 10.0 Å². The second kappa shape index (κ2) is 5.21. The van der Waals surface area contributed by atoms with Gasteiger partial charge in [-0.15, -0.1) is 11.3 Å². The molecule has 0 unspecified atom stereocenters. The third kappa shape index (κ3) is 2.89. The van der Waals surface area contributed by atoms with Gasteiger partial charge in [0.25, 0.3) is 5.91 Å². The zero-order valence-electron chi connectivity index (χ0n) is 8.96. The second-order valence-corrected chi connectivity index (χ2v) is 5.72. The minimum atomic E-state index is -0.124. The number of hydrogen-bond donors (Lipinski definition) is 1. The van der Waals surface area contributed by atoms with Crippen molar-refractivity contribution in [2.24, 2.45) is 0 Å². The topological polar surface area (TPSA) is 29.1 Å². The second-order valence-electron chi connectivity index (χ2n) is 3.51. The Morgan fingerprint density at radius 1 is 1.47 bits per heavy atom. The van der Waals surface area contributed by atoms with Crippen LogP contribution in [0.3, 0.4) is 0 Å². The molecular formula is C12H9BrClNOS. The Morgan fingerprint density at radius 3 is 2.88 bits per heavy atom. The maximum atomic E-state index is 11.9. The van der Waals surface area contributed by atoms with Crippen molar-refractivity contribution in [1.29, 1.82) is 0 Å². The summed E-state index contributed by atoms with van der Waals surface area (Å²) in [4.78, 5) is 12.5. The Kier molecular flexibility index (Phi) is 3.86. The lowest BCUT2D eigenvalue weighted by Gasteiger charge is -2.08. The Bertz CT molecular complexity index is 554. The van der Waals surface area contributed by atoms with Gasteiger partial charge in [-0.25, -0.2) is 0 Å². The number of anilines is 1. The number of hydrogen-bond acceptors (Lipinski definition) is 2. The molecule has 1 heterocycles. The standard InChI is InChI=1S/C12H9BrClNOS/c1-7-5-8(13)10(6-9(7)14)15-12(16)11-3-2-4-17-11/h2-6H,1H3,(H,15,16). The maximum Gasteiger partial charge on any atom is 0.265 e. The van der Waals surface area contributed by atoms with Gasteiger partial charge in [-0.3, -0.25) is 4.79 Å². The third-order valence-electron chi connectivity index (χ3n) is 2.24. The largest absolute Gasteiger partial charge is 0.320 e. The molecule has 0 atom stereocenters. The SMILES string of the molecule is Cc1cc(Br)c(NC(=O)c2cccs2)cc1Cl. The van der Waals surface area contributed by atoms with E-state index >= 15 is 0 Å². The number of carbonyl (C=O) groups excluding carboxylic acids is 1. The summed E-state index contributed by atoms with van der Waals surface area (Å²) in [5.41, 5.74) is 1.65. The van der Waals surface area contributed by atoms with E-state index in [1.807, 2.05) is 24.4 Å². The Balaban J connectivity index is 2.25. The average Bonchev–Trinajstić information content (AvgIpc) is 2.79. The molecule has 17 heavy (non-hydrogen) atoms. The average molecular weight is 331 g/mol. The molecule has 0 saturated carbocycles. The molecule has 0 aliphatic heterocycles. The lowest BCUT2D eigenvalue weighted by atomic mass is 10.2. The molecule has 88 valence electrons. The number of nitrogens with one attached hydrogen (secondary N) is 1. The molecule has 0 radical (unpaired) electrons. The van der Waals surface area contributed by atoms with Gasteiger partial charge in [0.1, 0.15) is 0 Å². The molecule has 0 aliphatic carbocycles. The van der Waals surface area contributed by atoms with Gasteiger partial charge in [-0.05, 0) is 52.0 Å². The van der Waals surface area contributed by atoms with Crippen LogP contribution in [-0.2, 0) is 0 Å². The van der Waals surface area contributed by atoms with E-state index in [9.17, 15) is 4.79 Å². The molecule has 0 fully saturated rings. The smallest absolute Gasteiger partial charge is 0.265 e. The Hall–Kier alpha value is -0.840. The minimum Gasteiger partial charge on any atom is -0.320 e. The first-order valence-corrected chi connectivity index (χ1v) is 6.93. The van der Waals surface area contributed by atoms with Crippen LogP contribution >= 0.6 is 38.9 Å². The van der Waals surface area contributed by atoms with Crippen molar-refractivity contribution in [3.63, 3.8) is 0 Å². The molecule has 2 nitrogen and oxygen atoms in total. The van der Waals surface area contributed by atoms with Gasteiger partial charge in [0, 0.05) is 9.50 Å². The molecule has 0 spiro atoms. The van der Waals surface area contributed by atoms with Gasteiger partial charge in [0.2, 0.25) is 0 Å². The van der Waals surface area contributed by atoms with E-state index in [-0.39, 0.29) is 5.91 Å². The molecule has 1 aromatic heterocycles. The number of halogens is 2. The summed E-state index contributed by atoms with van der Waals surface area (Å²) in [5, 5.41) is 5.32. The zero-order valence-corrected chi connectivity index (χ0v) is 12.1. The normalized spacial score (nSPS) is 10.3. The van der Waals surface area contributed by atoms with Gasteiger partial charge in [-0.1, -0.05) is 17.7 Å². The van der Waals surface area contributed by atoms with Crippen molar-refractivity contribution < 1.29 is 4.79 Å². The maximum absolute atomic E-state index is 11.9. The summed E-state index contributed by atoms with van der Waals surface area (Å²) in [6.07, 6.45) is 0. The van der Waals surface area contributed by atoms with Crippen LogP contribution in [0.1, 0.15) is 15.2 Å². The number of benzene rings is 1. The number of thiophene rings is 1. The van der Waals surface area contributed by atoms with Crippen molar-refractivity contribution in [2.45, 2.75) is 6.92 Å². The lowest BCUT2D eigenvalue weighted by molar-refractivity contribution is 0.103. The highest BCUT2D eigenvalue weighted by Gasteiger charge is 2.10. The van der Waals surface area contributed by atoms with E-state index in [4.69, 9.17) is 11.6 Å². The van der Waals surface area contributed by atoms with Crippen LogP contribution in [0.5, 0.6) is 0 Å². The van der Waals surface area contributed by atoms with Crippen molar-refractivity contribution in [2.75, 3.05) is 5.32 Å². The Morgan fingerprint density at radius 2 is 2.24 bits per heavy atom. The van der Waals surface area contributed by atoms with Gasteiger partial charge in [-0.2, -0.15) is 0 Å². The van der Waals surface area contributed by atoms with Crippen molar-refractivity contribution in [3.8, 4) is 0 Å². The Labute approximate surface area is 117 Å². The van der Waals surface area contributed by atoms with Crippen molar-refractivity contribution in [1.82, 2.24) is 0 Å². The fourth-order valence-corrected chi connectivity index (χ4v) is 2.67. The monoisotopic (exact) mass is 329 g/mol. The molecule has 2 aromatic rings. The fraction of sp³-hybridized carbons (Fsp3) is 0.0833.